The van der Waals surface area contributed by atoms with Crippen molar-refractivity contribution >= 4 is 11.8 Å². The van der Waals surface area contributed by atoms with Gasteiger partial charge in [0.25, 0.3) is 0 Å². The van der Waals surface area contributed by atoms with E-state index in [9.17, 15) is 4.79 Å². The summed E-state index contributed by atoms with van der Waals surface area (Å²) < 4.78 is 0. The standard InChI is InChI=1S/C12H18N2O2/c1-8(2)7-9(3)13-11-6-4-5-10(14-11)12(15)16/h4-6,8-9H,7H2,1-3H3,(H,13,14)(H,15,16). The van der Waals surface area contributed by atoms with Crippen LogP contribution in [0.3, 0.4) is 0 Å². The quantitative estimate of drug-likeness (QED) is 0.804. The average molecular weight is 222 g/mol. The number of aromatic carboxylic acids is 1. The largest absolute Gasteiger partial charge is 0.477 e. The van der Waals surface area contributed by atoms with Crippen molar-refractivity contribution < 1.29 is 9.90 Å². The van der Waals surface area contributed by atoms with E-state index in [0.717, 1.165) is 6.42 Å². The van der Waals surface area contributed by atoms with E-state index in [0.29, 0.717) is 11.7 Å². The van der Waals surface area contributed by atoms with Gasteiger partial charge in [-0.1, -0.05) is 19.9 Å². The summed E-state index contributed by atoms with van der Waals surface area (Å²) >= 11 is 0. The maximum atomic E-state index is 10.7. The number of carbonyl (C=O) groups is 1. The van der Waals surface area contributed by atoms with Crippen LogP contribution in [0.5, 0.6) is 0 Å². The lowest BCUT2D eigenvalue weighted by molar-refractivity contribution is 0.0690. The van der Waals surface area contributed by atoms with Gasteiger partial charge in [0, 0.05) is 6.04 Å². The Morgan fingerprint density at radius 3 is 2.69 bits per heavy atom. The van der Waals surface area contributed by atoms with Crippen LogP contribution in [0, 0.1) is 5.92 Å². The Labute approximate surface area is 95.7 Å². The summed E-state index contributed by atoms with van der Waals surface area (Å²) in [4.78, 5) is 14.7. The molecule has 0 aromatic carbocycles. The molecule has 1 unspecified atom stereocenters. The minimum atomic E-state index is -1.000. The van der Waals surface area contributed by atoms with Crippen molar-refractivity contribution in [2.45, 2.75) is 33.2 Å². The van der Waals surface area contributed by atoms with Gasteiger partial charge in [-0.3, -0.25) is 0 Å². The van der Waals surface area contributed by atoms with Crippen molar-refractivity contribution in [3.8, 4) is 0 Å². The van der Waals surface area contributed by atoms with Gasteiger partial charge in [0.1, 0.15) is 5.82 Å². The van der Waals surface area contributed by atoms with E-state index in [-0.39, 0.29) is 11.7 Å². The van der Waals surface area contributed by atoms with Crippen molar-refractivity contribution in [3.05, 3.63) is 23.9 Å². The highest BCUT2D eigenvalue weighted by Gasteiger charge is 2.08. The molecule has 1 aromatic rings. The van der Waals surface area contributed by atoms with Crippen LogP contribution in [0.4, 0.5) is 5.82 Å². The second kappa shape index (κ2) is 5.49. The summed E-state index contributed by atoms with van der Waals surface area (Å²) in [5, 5.41) is 12.0. The van der Waals surface area contributed by atoms with Crippen LogP contribution < -0.4 is 5.32 Å². The zero-order valence-electron chi connectivity index (χ0n) is 9.90. The number of nitrogens with zero attached hydrogens (tertiary/aromatic N) is 1. The molecule has 4 heteroatoms. The van der Waals surface area contributed by atoms with E-state index in [1.54, 1.807) is 12.1 Å². The highest BCUT2D eigenvalue weighted by molar-refractivity contribution is 5.85. The molecule has 0 aliphatic heterocycles. The van der Waals surface area contributed by atoms with Crippen LogP contribution in [0.25, 0.3) is 0 Å². The minimum absolute atomic E-state index is 0.0711. The van der Waals surface area contributed by atoms with Gasteiger partial charge in [0.2, 0.25) is 0 Å². The fraction of sp³-hybridized carbons (Fsp3) is 0.500. The Balaban J connectivity index is 2.66. The normalized spacial score (nSPS) is 12.5. The van der Waals surface area contributed by atoms with Gasteiger partial charge in [-0.05, 0) is 31.4 Å². The first-order valence-corrected chi connectivity index (χ1v) is 5.46. The summed E-state index contributed by atoms with van der Waals surface area (Å²) in [5.74, 6) is 0.221. The zero-order valence-corrected chi connectivity index (χ0v) is 9.90. The first-order chi connectivity index (χ1) is 7.49. The first-order valence-electron chi connectivity index (χ1n) is 5.46. The van der Waals surface area contributed by atoms with Crippen molar-refractivity contribution in [1.82, 2.24) is 4.98 Å². The molecular weight excluding hydrogens is 204 g/mol. The van der Waals surface area contributed by atoms with E-state index in [2.05, 4.69) is 31.1 Å². The maximum Gasteiger partial charge on any atom is 0.354 e. The molecule has 0 spiro atoms. The Kier molecular flexibility index (Phi) is 4.28. The second-order valence-electron chi connectivity index (χ2n) is 4.39. The second-order valence-corrected chi connectivity index (χ2v) is 4.39. The van der Waals surface area contributed by atoms with E-state index in [1.807, 2.05) is 0 Å². The van der Waals surface area contributed by atoms with Gasteiger partial charge in [0.05, 0.1) is 0 Å². The summed E-state index contributed by atoms with van der Waals surface area (Å²) in [5.41, 5.74) is 0.0711. The molecule has 0 aliphatic carbocycles. The highest BCUT2D eigenvalue weighted by Crippen LogP contribution is 2.11. The van der Waals surface area contributed by atoms with Crippen molar-refractivity contribution in [1.29, 1.82) is 0 Å². The highest BCUT2D eigenvalue weighted by atomic mass is 16.4. The Bertz CT molecular complexity index is 364. The SMILES string of the molecule is CC(C)CC(C)Nc1cccc(C(=O)O)n1. The van der Waals surface area contributed by atoms with E-state index < -0.39 is 5.97 Å². The summed E-state index contributed by atoms with van der Waals surface area (Å²) in [7, 11) is 0. The van der Waals surface area contributed by atoms with Crippen LogP contribution in [0.1, 0.15) is 37.7 Å². The van der Waals surface area contributed by atoms with Gasteiger partial charge in [0.15, 0.2) is 5.69 Å². The predicted molar refractivity (Wildman–Crippen MR) is 63.7 cm³/mol. The monoisotopic (exact) mass is 222 g/mol. The smallest absolute Gasteiger partial charge is 0.354 e. The molecule has 16 heavy (non-hydrogen) atoms. The molecule has 2 N–H and O–H groups in total. The molecule has 1 atom stereocenters. The molecule has 0 radical (unpaired) electrons. The van der Waals surface area contributed by atoms with Gasteiger partial charge in [-0.15, -0.1) is 0 Å². The maximum absolute atomic E-state index is 10.7. The van der Waals surface area contributed by atoms with E-state index >= 15 is 0 Å². The Morgan fingerprint density at radius 1 is 1.44 bits per heavy atom. The lowest BCUT2D eigenvalue weighted by atomic mass is 10.1. The molecule has 0 saturated carbocycles. The van der Waals surface area contributed by atoms with Crippen molar-refractivity contribution in [2.75, 3.05) is 5.32 Å². The molecule has 0 fully saturated rings. The van der Waals surface area contributed by atoms with Crippen LogP contribution in [-0.2, 0) is 0 Å². The average Bonchev–Trinajstić information content (AvgIpc) is 2.16. The lowest BCUT2D eigenvalue weighted by Crippen LogP contribution is -2.18. The predicted octanol–water partition coefficient (Wildman–Crippen LogP) is 2.63. The van der Waals surface area contributed by atoms with Crippen LogP contribution in [0.15, 0.2) is 18.2 Å². The molecule has 88 valence electrons. The molecule has 4 nitrogen and oxygen atoms in total. The number of carboxylic acids is 1. The fourth-order valence-corrected chi connectivity index (χ4v) is 1.65. The number of hydrogen-bond acceptors (Lipinski definition) is 3. The lowest BCUT2D eigenvalue weighted by Gasteiger charge is -2.16. The number of carboxylic acid groups (broad SMARTS) is 1. The number of pyridine rings is 1. The van der Waals surface area contributed by atoms with Gasteiger partial charge in [-0.25, -0.2) is 9.78 Å². The first kappa shape index (κ1) is 12.5. The molecule has 0 aliphatic rings. The molecule has 1 aromatic heterocycles. The minimum Gasteiger partial charge on any atom is -0.477 e. The number of aromatic nitrogens is 1. The van der Waals surface area contributed by atoms with Crippen LogP contribution >= 0.6 is 0 Å². The number of anilines is 1. The summed E-state index contributed by atoms with van der Waals surface area (Å²) in [6.45, 7) is 6.37. The third-order valence-electron chi connectivity index (χ3n) is 2.19. The molecular formula is C12H18N2O2. The van der Waals surface area contributed by atoms with Crippen molar-refractivity contribution in [3.63, 3.8) is 0 Å². The number of hydrogen-bond donors (Lipinski definition) is 2. The molecule has 0 bridgehead atoms. The zero-order chi connectivity index (χ0) is 12.1. The van der Waals surface area contributed by atoms with Gasteiger partial charge in [-0.2, -0.15) is 0 Å². The Hall–Kier alpha value is -1.58. The third-order valence-corrected chi connectivity index (χ3v) is 2.19. The molecule has 0 saturated heterocycles. The van der Waals surface area contributed by atoms with Gasteiger partial charge < -0.3 is 10.4 Å². The molecule has 0 amide bonds. The summed E-state index contributed by atoms with van der Waals surface area (Å²) in [6, 6.07) is 5.25. The molecule has 1 rings (SSSR count). The number of rotatable bonds is 5. The van der Waals surface area contributed by atoms with E-state index in [1.165, 1.54) is 6.07 Å². The van der Waals surface area contributed by atoms with E-state index in [4.69, 9.17) is 5.11 Å². The number of nitrogens with one attached hydrogen (secondary N) is 1. The molecule has 1 heterocycles. The van der Waals surface area contributed by atoms with Crippen LogP contribution in [0.2, 0.25) is 0 Å². The van der Waals surface area contributed by atoms with Gasteiger partial charge >= 0.3 is 5.97 Å². The topological polar surface area (TPSA) is 62.2 Å². The fourth-order valence-electron chi connectivity index (χ4n) is 1.65. The third kappa shape index (κ3) is 3.88. The summed E-state index contributed by atoms with van der Waals surface area (Å²) in [6.07, 6.45) is 1.03. The Morgan fingerprint density at radius 2 is 2.12 bits per heavy atom. The van der Waals surface area contributed by atoms with Crippen LogP contribution in [-0.4, -0.2) is 22.1 Å². The van der Waals surface area contributed by atoms with Crippen molar-refractivity contribution in [2.24, 2.45) is 5.92 Å².